The highest BCUT2D eigenvalue weighted by Crippen LogP contribution is 2.36. The van der Waals surface area contributed by atoms with Gasteiger partial charge < -0.3 is 4.74 Å². The summed E-state index contributed by atoms with van der Waals surface area (Å²) in [5.41, 5.74) is 3.05. The minimum absolute atomic E-state index is 0.0311. The molecular weight excluding hydrogens is 255 g/mol. The molecule has 0 bridgehead atoms. The third kappa shape index (κ3) is 2.20. The second-order valence-corrected chi connectivity index (χ2v) is 5.07. The molecule has 0 aromatic heterocycles. The predicted octanol–water partition coefficient (Wildman–Crippen LogP) is 3.29. The molecule has 1 unspecified atom stereocenters. The van der Waals surface area contributed by atoms with Crippen molar-refractivity contribution >= 4 is 5.78 Å². The summed E-state index contributed by atoms with van der Waals surface area (Å²) in [7, 11) is 1.43. The number of rotatable bonds is 4. The number of hydrogen-bond donors (Lipinski definition) is 0. The van der Waals surface area contributed by atoms with Crippen molar-refractivity contribution in [1.29, 1.82) is 0 Å². The fraction of sp³-hybridized carbons (Fsp3) is 0.235. The second-order valence-electron chi connectivity index (χ2n) is 5.07. The molecule has 0 radical (unpaired) electrons. The molecule has 0 heterocycles. The van der Waals surface area contributed by atoms with Crippen molar-refractivity contribution in [3.8, 4) is 5.75 Å². The van der Waals surface area contributed by atoms with E-state index in [0.29, 0.717) is 5.56 Å². The van der Waals surface area contributed by atoms with Gasteiger partial charge in [-0.3, -0.25) is 4.79 Å². The third-order valence-electron chi connectivity index (χ3n) is 3.84. The Morgan fingerprint density at radius 2 is 2.10 bits per heavy atom. The molecule has 0 saturated heterocycles. The van der Waals surface area contributed by atoms with Crippen LogP contribution in [-0.4, -0.2) is 12.9 Å². The van der Waals surface area contributed by atoms with Gasteiger partial charge in [-0.15, -0.1) is 0 Å². The summed E-state index contributed by atoms with van der Waals surface area (Å²) in [4.78, 5) is 12.3. The zero-order chi connectivity index (χ0) is 14.1. The number of ether oxygens (including phenoxy) is 1. The van der Waals surface area contributed by atoms with Crippen LogP contribution in [0.25, 0.3) is 0 Å². The van der Waals surface area contributed by atoms with E-state index in [1.54, 1.807) is 12.1 Å². The van der Waals surface area contributed by atoms with E-state index < -0.39 is 5.82 Å². The van der Waals surface area contributed by atoms with Crippen LogP contribution in [0.3, 0.4) is 0 Å². The maximum Gasteiger partial charge on any atom is 0.165 e. The van der Waals surface area contributed by atoms with Gasteiger partial charge in [-0.25, -0.2) is 4.39 Å². The minimum Gasteiger partial charge on any atom is -0.494 e. The number of hydrogen-bond acceptors (Lipinski definition) is 2. The van der Waals surface area contributed by atoms with E-state index in [-0.39, 0.29) is 23.9 Å². The summed E-state index contributed by atoms with van der Waals surface area (Å²) in [5.74, 6) is -0.105. The summed E-state index contributed by atoms with van der Waals surface area (Å²) in [6, 6.07) is 12.7. The van der Waals surface area contributed by atoms with Crippen molar-refractivity contribution in [3.63, 3.8) is 0 Å². The van der Waals surface area contributed by atoms with Gasteiger partial charge in [0, 0.05) is 12.3 Å². The van der Waals surface area contributed by atoms with E-state index in [2.05, 4.69) is 0 Å². The van der Waals surface area contributed by atoms with Crippen molar-refractivity contribution in [2.75, 3.05) is 7.11 Å². The minimum atomic E-state index is -0.424. The smallest absolute Gasteiger partial charge is 0.165 e. The Morgan fingerprint density at radius 1 is 1.30 bits per heavy atom. The highest BCUT2D eigenvalue weighted by molar-refractivity contribution is 5.90. The lowest BCUT2D eigenvalue weighted by Crippen LogP contribution is -2.26. The van der Waals surface area contributed by atoms with Gasteiger partial charge in [-0.2, -0.15) is 0 Å². The Bertz CT molecular complexity index is 664. The molecule has 1 aliphatic carbocycles. The average molecular weight is 270 g/mol. The standard InChI is InChI=1S/C17H15FO2/c1-20-17-7-6-11(8-15(17)18)9-16(19)14-10-12-4-2-3-5-13(12)14/h2-8,14H,9-10H2,1H3. The summed E-state index contributed by atoms with van der Waals surface area (Å²) >= 11 is 0. The van der Waals surface area contributed by atoms with Crippen LogP contribution in [-0.2, 0) is 17.6 Å². The largest absolute Gasteiger partial charge is 0.494 e. The van der Waals surface area contributed by atoms with Gasteiger partial charge in [0.05, 0.1) is 7.11 Å². The summed E-state index contributed by atoms with van der Waals surface area (Å²) in [6.45, 7) is 0. The van der Waals surface area contributed by atoms with Gasteiger partial charge in [0.2, 0.25) is 0 Å². The molecule has 1 aliphatic rings. The summed E-state index contributed by atoms with van der Waals surface area (Å²) in [5, 5.41) is 0. The van der Waals surface area contributed by atoms with Crippen LogP contribution in [0.1, 0.15) is 22.6 Å². The number of halogens is 1. The number of methoxy groups -OCH3 is 1. The Kier molecular flexibility index (Phi) is 3.26. The van der Waals surface area contributed by atoms with E-state index in [4.69, 9.17) is 4.74 Å². The number of fused-ring (bicyclic) bond motifs is 1. The average Bonchev–Trinajstić information content (AvgIpc) is 2.40. The normalized spacial score (nSPS) is 16.2. The number of Topliss-reactive ketones (excluding diaryl/α,β-unsaturated/α-hetero) is 1. The lowest BCUT2D eigenvalue weighted by molar-refractivity contribution is -0.120. The molecule has 2 aromatic carbocycles. The van der Waals surface area contributed by atoms with Crippen LogP contribution in [0, 0.1) is 5.82 Å². The first-order valence-corrected chi connectivity index (χ1v) is 6.62. The Balaban J connectivity index is 1.73. The van der Waals surface area contributed by atoms with Crippen LogP contribution < -0.4 is 4.74 Å². The number of carbonyl (C=O) groups excluding carboxylic acids is 1. The fourth-order valence-corrected chi connectivity index (χ4v) is 2.69. The number of benzene rings is 2. The number of ketones is 1. The third-order valence-corrected chi connectivity index (χ3v) is 3.84. The lowest BCUT2D eigenvalue weighted by atomic mass is 9.74. The van der Waals surface area contributed by atoms with Crippen molar-refractivity contribution in [2.45, 2.75) is 18.8 Å². The molecule has 0 N–H and O–H groups in total. The maximum atomic E-state index is 13.6. The lowest BCUT2D eigenvalue weighted by Gasteiger charge is -2.28. The number of carbonyl (C=O) groups is 1. The van der Waals surface area contributed by atoms with E-state index in [9.17, 15) is 9.18 Å². The summed E-state index contributed by atoms with van der Waals surface area (Å²) in [6.07, 6.45) is 1.06. The molecule has 3 rings (SSSR count). The van der Waals surface area contributed by atoms with Gasteiger partial charge in [0.1, 0.15) is 5.78 Å². The van der Waals surface area contributed by atoms with Crippen molar-refractivity contribution in [1.82, 2.24) is 0 Å². The topological polar surface area (TPSA) is 26.3 Å². The highest BCUT2D eigenvalue weighted by Gasteiger charge is 2.31. The summed E-state index contributed by atoms with van der Waals surface area (Å²) < 4.78 is 18.5. The molecule has 102 valence electrons. The van der Waals surface area contributed by atoms with E-state index in [1.807, 2.05) is 24.3 Å². The van der Waals surface area contributed by atoms with Gasteiger partial charge in [-0.1, -0.05) is 30.3 Å². The van der Waals surface area contributed by atoms with Crippen molar-refractivity contribution < 1.29 is 13.9 Å². The quantitative estimate of drug-likeness (QED) is 0.852. The molecule has 0 aliphatic heterocycles. The molecule has 2 nitrogen and oxygen atoms in total. The molecule has 0 amide bonds. The second kappa shape index (κ2) is 5.08. The van der Waals surface area contributed by atoms with Gasteiger partial charge >= 0.3 is 0 Å². The first-order valence-electron chi connectivity index (χ1n) is 6.62. The Labute approximate surface area is 117 Å². The molecule has 0 fully saturated rings. The van der Waals surface area contributed by atoms with Gasteiger partial charge in [-0.05, 0) is 35.2 Å². The van der Waals surface area contributed by atoms with Gasteiger partial charge in [0.25, 0.3) is 0 Å². The zero-order valence-electron chi connectivity index (χ0n) is 11.2. The molecule has 0 spiro atoms. The van der Waals surface area contributed by atoms with Crippen molar-refractivity contribution in [2.24, 2.45) is 0 Å². The van der Waals surface area contributed by atoms with Crippen LogP contribution in [0.2, 0.25) is 0 Å². The predicted molar refractivity (Wildman–Crippen MR) is 74.6 cm³/mol. The van der Waals surface area contributed by atoms with Crippen LogP contribution in [0.4, 0.5) is 4.39 Å². The van der Waals surface area contributed by atoms with E-state index >= 15 is 0 Å². The van der Waals surface area contributed by atoms with E-state index in [1.165, 1.54) is 18.7 Å². The van der Waals surface area contributed by atoms with E-state index in [0.717, 1.165) is 12.0 Å². The first-order chi connectivity index (χ1) is 9.69. The highest BCUT2D eigenvalue weighted by atomic mass is 19.1. The zero-order valence-corrected chi connectivity index (χ0v) is 11.2. The molecule has 0 saturated carbocycles. The SMILES string of the molecule is COc1ccc(CC(=O)C2Cc3ccccc32)cc1F. The Morgan fingerprint density at radius 3 is 2.80 bits per heavy atom. The van der Waals surface area contributed by atoms with Crippen LogP contribution >= 0.6 is 0 Å². The van der Waals surface area contributed by atoms with Crippen molar-refractivity contribution in [3.05, 3.63) is 65.0 Å². The molecule has 2 aromatic rings. The van der Waals surface area contributed by atoms with Gasteiger partial charge in [0.15, 0.2) is 11.6 Å². The van der Waals surface area contributed by atoms with Crippen LogP contribution in [0.15, 0.2) is 42.5 Å². The van der Waals surface area contributed by atoms with Crippen LogP contribution in [0.5, 0.6) is 5.75 Å². The fourth-order valence-electron chi connectivity index (χ4n) is 2.69. The monoisotopic (exact) mass is 270 g/mol. The Hall–Kier alpha value is -2.16. The molecule has 3 heteroatoms. The maximum absolute atomic E-state index is 13.6. The molecular formula is C17H15FO2. The molecule has 1 atom stereocenters. The first kappa shape index (κ1) is 12.9. The molecule has 20 heavy (non-hydrogen) atoms.